The van der Waals surface area contributed by atoms with E-state index in [0.717, 1.165) is 25.0 Å². The minimum atomic E-state index is 0.0228. The van der Waals surface area contributed by atoms with Crippen LogP contribution in [0.2, 0.25) is 0 Å². The highest BCUT2D eigenvalue weighted by Gasteiger charge is 2.17. The number of carbonyl (C=O) groups excluding carboxylic acids is 2. The number of unbranched alkanes of at least 4 members (excludes halogenated alkanes) is 2. The number of nitrogens with zero attached hydrogens (tertiary/aromatic N) is 1. The van der Waals surface area contributed by atoms with Crippen molar-refractivity contribution in [2.24, 2.45) is 0 Å². The number of amides is 1. The molecule has 1 rings (SSSR count). The minimum Gasteiger partial charge on any atom is -0.309 e. The van der Waals surface area contributed by atoms with E-state index in [4.69, 9.17) is 0 Å². The van der Waals surface area contributed by atoms with Crippen molar-refractivity contribution in [3.63, 3.8) is 0 Å². The van der Waals surface area contributed by atoms with Crippen LogP contribution in [-0.2, 0) is 9.59 Å². The molecule has 1 aliphatic rings. The zero-order valence-electron chi connectivity index (χ0n) is 9.87. The Morgan fingerprint density at radius 1 is 1.31 bits per heavy atom. The van der Waals surface area contributed by atoms with Gasteiger partial charge >= 0.3 is 0 Å². The van der Waals surface area contributed by atoms with E-state index in [1.807, 2.05) is 6.92 Å². The van der Waals surface area contributed by atoms with Gasteiger partial charge in [-0.2, -0.15) is 0 Å². The van der Waals surface area contributed by atoms with Crippen LogP contribution < -0.4 is 0 Å². The zero-order chi connectivity index (χ0) is 12.0. The molecule has 0 aromatic rings. The van der Waals surface area contributed by atoms with E-state index < -0.39 is 0 Å². The molecule has 1 amide bonds. The van der Waals surface area contributed by atoms with Gasteiger partial charge in [0, 0.05) is 31.2 Å². The minimum absolute atomic E-state index is 0.0228. The van der Waals surface area contributed by atoms with Crippen LogP contribution in [-0.4, -0.2) is 23.1 Å². The Kier molecular flexibility index (Phi) is 4.96. The van der Waals surface area contributed by atoms with Gasteiger partial charge < -0.3 is 4.90 Å². The zero-order valence-corrected chi connectivity index (χ0v) is 9.87. The number of Topliss-reactive ketones (excluding diaryl/α,β-unsaturated/α-hetero) is 1. The van der Waals surface area contributed by atoms with Crippen molar-refractivity contribution < 1.29 is 9.59 Å². The summed E-state index contributed by atoms with van der Waals surface area (Å²) < 4.78 is 0. The Balaban J connectivity index is 2.10. The number of ketones is 1. The molecule has 88 valence electrons. The number of hydrogen-bond donors (Lipinski definition) is 0. The third-order valence-electron chi connectivity index (χ3n) is 2.76. The molecule has 0 saturated heterocycles. The first-order chi connectivity index (χ1) is 7.65. The van der Waals surface area contributed by atoms with Gasteiger partial charge in [-0.15, -0.1) is 0 Å². The Hall–Kier alpha value is -1.38. The van der Waals surface area contributed by atoms with Gasteiger partial charge in [-0.1, -0.05) is 19.9 Å². The maximum Gasteiger partial charge on any atom is 0.251 e. The third kappa shape index (κ3) is 3.65. The van der Waals surface area contributed by atoms with Crippen LogP contribution in [0.5, 0.6) is 0 Å². The van der Waals surface area contributed by atoms with Gasteiger partial charge in [0.1, 0.15) is 5.78 Å². The Morgan fingerprint density at radius 2 is 2.06 bits per heavy atom. The van der Waals surface area contributed by atoms with Gasteiger partial charge in [0.05, 0.1) is 0 Å². The maximum absolute atomic E-state index is 11.3. The van der Waals surface area contributed by atoms with Gasteiger partial charge in [0.25, 0.3) is 5.91 Å². The van der Waals surface area contributed by atoms with Gasteiger partial charge in [-0.05, 0) is 18.9 Å². The van der Waals surface area contributed by atoms with Crippen LogP contribution in [0.4, 0.5) is 0 Å². The molecule has 3 nitrogen and oxygen atoms in total. The summed E-state index contributed by atoms with van der Waals surface area (Å²) in [6.45, 7) is 6.39. The quantitative estimate of drug-likeness (QED) is 0.619. The molecule has 0 unspecified atom stereocenters. The second kappa shape index (κ2) is 6.26. The number of allylic oxidation sites excluding steroid dienone is 1. The molecular weight excluding hydrogens is 202 g/mol. The average Bonchev–Trinajstić information content (AvgIpc) is 2.59. The van der Waals surface area contributed by atoms with Gasteiger partial charge in [-0.3, -0.25) is 9.59 Å². The molecular formula is C13H19NO2. The van der Waals surface area contributed by atoms with Crippen LogP contribution >= 0.6 is 0 Å². The van der Waals surface area contributed by atoms with Crippen LogP contribution in [0.1, 0.15) is 39.0 Å². The van der Waals surface area contributed by atoms with E-state index >= 15 is 0 Å². The molecule has 1 heterocycles. The molecule has 0 atom stereocenters. The van der Waals surface area contributed by atoms with Crippen molar-refractivity contribution in [2.75, 3.05) is 6.54 Å². The fourth-order valence-electron chi connectivity index (χ4n) is 1.69. The fraction of sp³-hybridized carbons (Fsp3) is 0.538. The molecule has 0 radical (unpaired) electrons. The van der Waals surface area contributed by atoms with E-state index in [1.54, 1.807) is 17.1 Å². The highest BCUT2D eigenvalue weighted by Crippen LogP contribution is 2.14. The molecule has 0 aromatic heterocycles. The smallest absolute Gasteiger partial charge is 0.251 e. The largest absolute Gasteiger partial charge is 0.309 e. The van der Waals surface area contributed by atoms with Crippen molar-refractivity contribution in [1.29, 1.82) is 0 Å². The predicted octanol–water partition coefficient (Wildman–Crippen LogP) is 2.44. The second-order valence-electron chi connectivity index (χ2n) is 4.02. The summed E-state index contributed by atoms with van der Waals surface area (Å²) in [6.07, 6.45) is 7.43. The highest BCUT2D eigenvalue weighted by atomic mass is 16.2. The Morgan fingerprint density at radius 3 is 2.62 bits per heavy atom. The average molecular weight is 221 g/mol. The summed E-state index contributed by atoms with van der Waals surface area (Å²) in [5, 5.41) is 0. The van der Waals surface area contributed by atoms with Gasteiger partial charge in [0.2, 0.25) is 0 Å². The molecule has 0 aliphatic carbocycles. The molecule has 0 aromatic carbocycles. The number of rotatable bonds is 7. The van der Waals surface area contributed by atoms with Crippen LogP contribution in [0.15, 0.2) is 24.4 Å². The van der Waals surface area contributed by atoms with Gasteiger partial charge in [-0.25, -0.2) is 0 Å². The van der Waals surface area contributed by atoms with E-state index in [0.29, 0.717) is 25.2 Å². The molecule has 0 spiro atoms. The summed E-state index contributed by atoms with van der Waals surface area (Å²) in [7, 11) is 0. The fourth-order valence-corrected chi connectivity index (χ4v) is 1.69. The molecule has 3 heteroatoms. The summed E-state index contributed by atoms with van der Waals surface area (Å²) >= 11 is 0. The number of hydrogen-bond acceptors (Lipinski definition) is 2. The standard InChI is InChI=1S/C13H19NO2/c1-3-12(15)7-5-4-6-10-14-11(2)8-9-13(14)16/h8-9H,2-7,10H2,1H3. The summed E-state index contributed by atoms with van der Waals surface area (Å²) in [5.41, 5.74) is 0.773. The normalized spacial score (nSPS) is 14.9. The van der Waals surface area contributed by atoms with Crippen LogP contribution in [0.25, 0.3) is 0 Å². The summed E-state index contributed by atoms with van der Waals surface area (Å²) in [5.74, 6) is 0.345. The lowest BCUT2D eigenvalue weighted by atomic mass is 10.1. The van der Waals surface area contributed by atoms with Crippen molar-refractivity contribution >= 4 is 11.7 Å². The van der Waals surface area contributed by atoms with Crippen molar-refractivity contribution in [1.82, 2.24) is 4.90 Å². The topological polar surface area (TPSA) is 37.4 Å². The molecule has 0 bridgehead atoms. The lowest BCUT2D eigenvalue weighted by Gasteiger charge is -2.16. The molecule has 16 heavy (non-hydrogen) atoms. The third-order valence-corrected chi connectivity index (χ3v) is 2.76. The van der Waals surface area contributed by atoms with Crippen LogP contribution in [0, 0.1) is 0 Å². The predicted molar refractivity (Wildman–Crippen MR) is 63.8 cm³/mol. The van der Waals surface area contributed by atoms with Crippen molar-refractivity contribution in [3.05, 3.63) is 24.4 Å². The van der Waals surface area contributed by atoms with Gasteiger partial charge in [0.15, 0.2) is 0 Å². The maximum atomic E-state index is 11.3. The second-order valence-corrected chi connectivity index (χ2v) is 4.02. The summed E-state index contributed by atoms with van der Waals surface area (Å²) in [6, 6.07) is 0. The number of carbonyl (C=O) groups is 2. The van der Waals surface area contributed by atoms with Crippen molar-refractivity contribution in [3.8, 4) is 0 Å². The van der Waals surface area contributed by atoms with Crippen molar-refractivity contribution in [2.45, 2.75) is 39.0 Å². The first-order valence-corrected chi connectivity index (χ1v) is 5.85. The van der Waals surface area contributed by atoms with E-state index in [9.17, 15) is 9.59 Å². The van der Waals surface area contributed by atoms with E-state index in [2.05, 4.69) is 6.58 Å². The first kappa shape index (κ1) is 12.7. The Labute approximate surface area is 96.8 Å². The molecule has 0 fully saturated rings. The lowest BCUT2D eigenvalue weighted by molar-refractivity contribution is -0.123. The SMILES string of the molecule is C=C1C=CC(=O)N1CCCCCC(=O)CC. The van der Waals surface area contributed by atoms with E-state index in [-0.39, 0.29) is 5.91 Å². The molecule has 0 N–H and O–H groups in total. The molecule has 1 aliphatic heterocycles. The summed E-state index contributed by atoms with van der Waals surface area (Å²) in [4.78, 5) is 24.1. The highest BCUT2D eigenvalue weighted by molar-refractivity contribution is 5.92. The monoisotopic (exact) mass is 221 g/mol. The van der Waals surface area contributed by atoms with E-state index in [1.165, 1.54) is 0 Å². The first-order valence-electron chi connectivity index (χ1n) is 5.85. The Bertz CT molecular complexity index is 300. The lowest BCUT2D eigenvalue weighted by Crippen LogP contribution is -2.24. The molecule has 0 saturated carbocycles. The van der Waals surface area contributed by atoms with Crippen LogP contribution in [0.3, 0.4) is 0 Å².